The molecule has 6 nitrogen and oxygen atoms in total. The number of hydrogen-bond donors (Lipinski definition) is 1. The van der Waals surface area contributed by atoms with Gasteiger partial charge in [-0.15, -0.1) is 0 Å². The molecule has 2 aromatic carbocycles. The van der Waals surface area contributed by atoms with Crippen LogP contribution in [0.3, 0.4) is 0 Å². The van der Waals surface area contributed by atoms with E-state index in [1.807, 2.05) is 32.9 Å². The number of hydrogen-bond acceptors (Lipinski definition) is 5. The normalized spacial score (nSPS) is 10.2. The average Bonchev–Trinajstić information content (AvgIpc) is 2.68. The molecule has 0 spiro atoms. The van der Waals surface area contributed by atoms with Crippen molar-refractivity contribution in [2.24, 2.45) is 0 Å². The van der Waals surface area contributed by atoms with Crippen molar-refractivity contribution in [1.29, 1.82) is 0 Å². The molecule has 0 aliphatic heterocycles. The van der Waals surface area contributed by atoms with Crippen molar-refractivity contribution in [2.75, 3.05) is 25.1 Å². The van der Waals surface area contributed by atoms with Crippen molar-refractivity contribution in [3.63, 3.8) is 0 Å². The van der Waals surface area contributed by atoms with E-state index in [0.717, 1.165) is 12.0 Å². The summed E-state index contributed by atoms with van der Waals surface area (Å²) in [4.78, 5) is 24.1. The maximum Gasteiger partial charge on any atom is 0.338 e. The van der Waals surface area contributed by atoms with Crippen molar-refractivity contribution in [3.05, 3.63) is 53.6 Å². The number of rotatable bonds is 9. The third-order valence-corrected chi connectivity index (χ3v) is 3.76. The summed E-state index contributed by atoms with van der Waals surface area (Å²) in [5, 5.41) is 2.68. The lowest BCUT2D eigenvalue weighted by atomic mass is 10.1. The topological polar surface area (TPSA) is 73.9 Å². The summed E-state index contributed by atoms with van der Waals surface area (Å²) in [6.45, 7) is 6.41. The van der Waals surface area contributed by atoms with Gasteiger partial charge in [0.2, 0.25) is 0 Å². The summed E-state index contributed by atoms with van der Waals surface area (Å²) in [5.41, 5.74) is 2.08. The largest absolute Gasteiger partial charge is 0.490 e. The monoisotopic (exact) mass is 371 g/mol. The average molecular weight is 371 g/mol. The molecule has 1 amide bonds. The zero-order valence-electron chi connectivity index (χ0n) is 15.9. The molecular formula is C21H25NO5. The molecule has 0 atom stereocenters. The number of carbonyl (C=O) groups is 2. The maximum atomic E-state index is 12.1. The number of anilines is 1. The highest BCUT2D eigenvalue weighted by Gasteiger charge is 2.12. The molecule has 0 heterocycles. The SMILES string of the molecule is CCOc1ccc(NC(=O)COC(=O)c2ccc(CC)cc2)cc1OCC. The second-order valence-electron chi connectivity index (χ2n) is 5.70. The van der Waals surface area contributed by atoms with Crippen LogP contribution in [0.15, 0.2) is 42.5 Å². The number of benzene rings is 2. The van der Waals surface area contributed by atoms with Gasteiger partial charge in [0.05, 0.1) is 18.8 Å². The standard InChI is InChI=1S/C21H25NO5/c1-4-15-7-9-16(10-8-15)21(24)27-14-20(23)22-17-11-12-18(25-5-2)19(13-17)26-6-3/h7-13H,4-6,14H2,1-3H3,(H,22,23). The maximum absolute atomic E-state index is 12.1. The molecule has 0 fully saturated rings. The van der Waals surface area contributed by atoms with Gasteiger partial charge in [-0.1, -0.05) is 19.1 Å². The third kappa shape index (κ3) is 6.02. The Morgan fingerprint density at radius 3 is 2.19 bits per heavy atom. The van der Waals surface area contributed by atoms with E-state index in [1.165, 1.54) is 0 Å². The van der Waals surface area contributed by atoms with Crippen molar-refractivity contribution in [2.45, 2.75) is 27.2 Å². The molecule has 27 heavy (non-hydrogen) atoms. The van der Waals surface area contributed by atoms with E-state index >= 15 is 0 Å². The van der Waals surface area contributed by atoms with E-state index in [2.05, 4.69) is 5.32 Å². The Labute approximate surface area is 159 Å². The Balaban J connectivity index is 1.92. The zero-order valence-corrected chi connectivity index (χ0v) is 15.9. The predicted octanol–water partition coefficient (Wildman–Crippen LogP) is 3.84. The van der Waals surface area contributed by atoms with Crippen molar-refractivity contribution >= 4 is 17.6 Å². The Morgan fingerprint density at radius 1 is 0.889 bits per heavy atom. The quantitative estimate of drug-likeness (QED) is 0.678. The van der Waals surface area contributed by atoms with Crippen LogP contribution in [0.1, 0.15) is 36.7 Å². The van der Waals surface area contributed by atoms with Gasteiger partial charge in [-0.3, -0.25) is 4.79 Å². The Kier molecular flexibility index (Phi) is 7.67. The van der Waals surface area contributed by atoms with Crippen LogP contribution in [0.5, 0.6) is 11.5 Å². The molecule has 0 bridgehead atoms. The van der Waals surface area contributed by atoms with Gasteiger partial charge >= 0.3 is 5.97 Å². The van der Waals surface area contributed by atoms with Gasteiger partial charge in [-0.05, 0) is 50.1 Å². The van der Waals surface area contributed by atoms with E-state index in [-0.39, 0.29) is 6.61 Å². The number of carbonyl (C=O) groups excluding carboxylic acids is 2. The lowest BCUT2D eigenvalue weighted by molar-refractivity contribution is -0.119. The van der Waals surface area contributed by atoms with Gasteiger partial charge in [-0.2, -0.15) is 0 Å². The van der Waals surface area contributed by atoms with Gasteiger partial charge in [0.15, 0.2) is 18.1 Å². The van der Waals surface area contributed by atoms with Gasteiger partial charge in [0.25, 0.3) is 5.91 Å². The summed E-state index contributed by atoms with van der Waals surface area (Å²) in [7, 11) is 0. The fourth-order valence-electron chi connectivity index (χ4n) is 2.42. The molecular weight excluding hydrogens is 346 g/mol. The summed E-state index contributed by atoms with van der Waals surface area (Å²) < 4.78 is 16.1. The summed E-state index contributed by atoms with van der Waals surface area (Å²) in [5.74, 6) is 0.194. The zero-order chi connectivity index (χ0) is 19.6. The summed E-state index contributed by atoms with van der Waals surface area (Å²) in [6, 6.07) is 12.2. The van der Waals surface area contributed by atoms with Crippen LogP contribution in [0, 0.1) is 0 Å². The summed E-state index contributed by atoms with van der Waals surface area (Å²) in [6.07, 6.45) is 0.892. The Bertz CT molecular complexity index is 771. The van der Waals surface area contributed by atoms with Gasteiger partial charge < -0.3 is 19.5 Å². The first-order chi connectivity index (χ1) is 13.1. The predicted molar refractivity (Wildman–Crippen MR) is 104 cm³/mol. The molecule has 0 radical (unpaired) electrons. The molecule has 144 valence electrons. The van der Waals surface area contributed by atoms with Crippen LogP contribution >= 0.6 is 0 Å². The van der Waals surface area contributed by atoms with Gasteiger partial charge in [-0.25, -0.2) is 4.79 Å². The summed E-state index contributed by atoms with van der Waals surface area (Å²) >= 11 is 0. The fraction of sp³-hybridized carbons (Fsp3) is 0.333. The molecule has 6 heteroatoms. The van der Waals surface area contributed by atoms with Crippen LogP contribution < -0.4 is 14.8 Å². The first kappa shape index (κ1) is 20.3. The van der Waals surface area contributed by atoms with Crippen molar-refractivity contribution in [1.82, 2.24) is 0 Å². The second-order valence-corrected chi connectivity index (χ2v) is 5.70. The van der Waals surface area contributed by atoms with Crippen LogP contribution in [0.4, 0.5) is 5.69 Å². The minimum Gasteiger partial charge on any atom is -0.490 e. The minimum absolute atomic E-state index is 0.370. The lowest BCUT2D eigenvalue weighted by Gasteiger charge is -2.13. The first-order valence-corrected chi connectivity index (χ1v) is 9.02. The second kappa shape index (κ2) is 10.2. The van der Waals surface area contributed by atoms with Crippen LogP contribution in [0.2, 0.25) is 0 Å². The molecule has 2 aromatic rings. The first-order valence-electron chi connectivity index (χ1n) is 9.02. The molecule has 0 saturated heterocycles. The van der Waals surface area contributed by atoms with Gasteiger partial charge in [0, 0.05) is 11.8 Å². The Hall–Kier alpha value is -3.02. The van der Waals surface area contributed by atoms with E-state index in [4.69, 9.17) is 14.2 Å². The minimum atomic E-state index is -0.533. The number of esters is 1. The van der Waals surface area contributed by atoms with Crippen LogP contribution in [0.25, 0.3) is 0 Å². The fourth-order valence-corrected chi connectivity index (χ4v) is 2.42. The molecule has 1 N–H and O–H groups in total. The highest BCUT2D eigenvalue weighted by molar-refractivity contribution is 5.95. The van der Waals surface area contributed by atoms with E-state index in [1.54, 1.807) is 30.3 Å². The van der Waals surface area contributed by atoms with Gasteiger partial charge in [0.1, 0.15) is 0 Å². The number of nitrogens with one attached hydrogen (secondary N) is 1. The molecule has 0 saturated carbocycles. The third-order valence-electron chi connectivity index (χ3n) is 3.76. The van der Waals surface area contributed by atoms with Crippen molar-refractivity contribution in [3.8, 4) is 11.5 Å². The Morgan fingerprint density at radius 2 is 1.56 bits per heavy atom. The van der Waals surface area contributed by atoms with E-state index < -0.39 is 11.9 Å². The molecule has 0 aromatic heterocycles. The lowest BCUT2D eigenvalue weighted by Crippen LogP contribution is -2.21. The van der Waals surface area contributed by atoms with E-state index in [0.29, 0.717) is 36.0 Å². The molecule has 2 rings (SSSR count). The van der Waals surface area contributed by atoms with Crippen LogP contribution in [-0.4, -0.2) is 31.7 Å². The smallest absolute Gasteiger partial charge is 0.338 e. The molecule has 0 aliphatic rings. The number of aryl methyl sites for hydroxylation is 1. The molecule has 0 aliphatic carbocycles. The number of amides is 1. The van der Waals surface area contributed by atoms with Crippen LogP contribution in [-0.2, 0) is 16.0 Å². The highest BCUT2D eigenvalue weighted by Crippen LogP contribution is 2.30. The van der Waals surface area contributed by atoms with E-state index in [9.17, 15) is 9.59 Å². The number of ether oxygens (including phenoxy) is 3. The molecule has 0 unspecified atom stereocenters. The highest BCUT2D eigenvalue weighted by atomic mass is 16.5. The van der Waals surface area contributed by atoms with Crippen molar-refractivity contribution < 1.29 is 23.8 Å².